The summed E-state index contributed by atoms with van der Waals surface area (Å²) in [4.78, 5) is 0. The summed E-state index contributed by atoms with van der Waals surface area (Å²) >= 11 is 0. The third-order valence-corrected chi connectivity index (χ3v) is 5.48. The predicted molar refractivity (Wildman–Crippen MR) is 73.4 cm³/mol. The van der Waals surface area contributed by atoms with E-state index in [4.69, 9.17) is 0 Å². The van der Waals surface area contributed by atoms with Gasteiger partial charge in [-0.3, -0.25) is 0 Å². The Bertz CT molecular complexity index is 264. The fraction of sp³-hybridized carbons (Fsp3) is 0.750. The minimum absolute atomic E-state index is 0.685. The SMILES string of the molecule is CC1=C(C)[C@H](C)[C@H](C)C(C)=C(C)[C@H](C)[C@@H]1C. The second-order valence-electron chi connectivity index (χ2n) is 5.89. The normalized spacial score (nSPS) is 37.5. The average Bonchev–Trinajstić information content (AvgIpc) is 2.30. The second-order valence-corrected chi connectivity index (χ2v) is 5.89. The van der Waals surface area contributed by atoms with E-state index in [1.54, 1.807) is 22.3 Å². The van der Waals surface area contributed by atoms with E-state index in [1.165, 1.54) is 0 Å². The molecule has 1 aliphatic rings. The van der Waals surface area contributed by atoms with Crippen molar-refractivity contribution in [2.24, 2.45) is 23.7 Å². The van der Waals surface area contributed by atoms with Gasteiger partial charge in [-0.25, -0.2) is 0 Å². The van der Waals surface area contributed by atoms with Crippen LogP contribution in [0.4, 0.5) is 0 Å². The Morgan fingerprint density at radius 2 is 0.562 bits per heavy atom. The molecule has 1 aliphatic carbocycles. The molecule has 0 amide bonds. The van der Waals surface area contributed by atoms with Crippen molar-refractivity contribution in [2.45, 2.75) is 55.4 Å². The lowest BCUT2D eigenvalue weighted by Gasteiger charge is -2.34. The first-order valence-electron chi connectivity index (χ1n) is 6.63. The number of hydrogen-bond donors (Lipinski definition) is 0. The molecule has 16 heavy (non-hydrogen) atoms. The lowest BCUT2D eigenvalue weighted by molar-refractivity contribution is 0.426. The maximum absolute atomic E-state index is 2.38. The van der Waals surface area contributed by atoms with Gasteiger partial charge in [-0.15, -0.1) is 0 Å². The highest BCUT2D eigenvalue weighted by atomic mass is 14.3. The zero-order valence-corrected chi connectivity index (χ0v) is 12.3. The summed E-state index contributed by atoms with van der Waals surface area (Å²) in [5.41, 5.74) is 6.44. The van der Waals surface area contributed by atoms with E-state index >= 15 is 0 Å². The summed E-state index contributed by atoms with van der Waals surface area (Å²) in [7, 11) is 0. The summed E-state index contributed by atoms with van der Waals surface area (Å²) in [5, 5.41) is 0. The van der Waals surface area contributed by atoms with Gasteiger partial charge in [-0.2, -0.15) is 0 Å². The molecule has 0 aliphatic heterocycles. The Hall–Kier alpha value is -0.520. The second kappa shape index (κ2) is 4.77. The van der Waals surface area contributed by atoms with Crippen molar-refractivity contribution < 1.29 is 0 Å². The van der Waals surface area contributed by atoms with Crippen LogP contribution < -0.4 is 0 Å². The molecule has 0 bridgehead atoms. The summed E-state index contributed by atoms with van der Waals surface area (Å²) in [6, 6.07) is 0. The van der Waals surface area contributed by atoms with Crippen LogP contribution in [0.25, 0.3) is 0 Å². The number of hydrogen-bond acceptors (Lipinski definition) is 0. The Morgan fingerprint density at radius 3 is 0.688 bits per heavy atom. The first-order chi connectivity index (χ1) is 7.29. The van der Waals surface area contributed by atoms with Gasteiger partial charge in [-0.1, -0.05) is 50.0 Å². The standard InChI is InChI=1S/C16H28/c1-9-10(2)12(4)14(6)16(8)15(7)13(5)11(9)3/h9-10,15-16H,1-8H3/t9-,10+,15-,16+. The molecule has 0 saturated heterocycles. The van der Waals surface area contributed by atoms with Crippen molar-refractivity contribution in [3.05, 3.63) is 22.3 Å². The quantitative estimate of drug-likeness (QED) is 0.491. The van der Waals surface area contributed by atoms with E-state index < -0.39 is 0 Å². The first kappa shape index (κ1) is 13.5. The van der Waals surface area contributed by atoms with E-state index in [2.05, 4.69) is 55.4 Å². The molecule has 0 N–H and O–H groups in total. The lowest BCUT2D eigenvalue weighted by atomic mass is 9.71. The summed E-state index contributed by atoms with van der Waals surface area (Å²) in [6.07, 6.45) is 0. The van der Waals surface area contributed by atoms with Crippen LogP contribution in [-0.4, -0.2) is 0 Å². The van der Waals surface area contributed by atoms with Crippen molar-refractivity contribution in [3.63, 3.8) is 0 Å². The van der Waals surface area contributed by atoms with Crippen molar-refractivity contribution in [1.82, 2.24) is 0 Å². The van der Waals surface area contributed by atoms with Gasteiger partial charge in [0, 0.05) is 0 Å². The van der Waals surface area contributed by atoms with E-state index in [1.807, 2.05) is 0 Å². The molecule has 0 nitrogen and oxygen atoms in total. The molecular formula is C16H28. The number of allylic oxidation sites excluding steroid dienone is 4. The molecule has 0 heteroatoms. The molecule has 0 aromatic rings. The third kappa shape index (κ3) is 2.12. The monoisotopic (exact) mass is 220 g/mol. The van der Waals surface area contributed by atoms with Gasteiger partial charge in [0.25, 0.3) is 0 Å². The van der Waals surface area contributed by atoms with E-state index in [0.717, 1.165) is 0 Å². The molecule has 1 rings (SSSR count). The van der Waals surface area contributed by atoms with Crippen molar-refractivity contribution >= 4 is 0 Å². The van der Waals surface area contributed by atoms with E-state index in [-0.39, 0.29) is 0 Å². The Balaban J connectivity index is 3.29. The maximum Gasteiger partial charge on any atom is -0.0169 e. The van der Waals surface area contributed by atoms with Crippen LogP contribution in [0.15, 0.2) is 22.3 Å². The van der Waals surface area contributed by atoms with Gasteiger partial charge in [0.05, 0.1) is 0 Å². The van der Waals surface area contributed by atoms with Crippen LogP contribution >= 0.6 is 0 Å². The maximum atomic E-state index is 2.38. The molecule has 0 saturated carbocycles. The fourth-order valence-electron chi connectivity index (χ4n) is 2.94. The van der Waals surface area contributed by atoms with Crippen LogP contribution in [0.1, 0.15) is 55.4 Å². The Morgan fingerprint density at radius 1 is 0.438 bits per heavy atom. The molecular weight excluding hydrogens is 192 g/mol. The fourth-order valence-corrected chi connectivity index (χ4v) is 2.94. The zero-order valence-electron chi connectivity index (χ0n) is 12.3. The third-order valence-electron chi connectivity index (χ3n) is 5.48. The largest absolute Gasteiger partial charge is 0.0707 e. The zero-order chi connectivity index (χ0) is 12.6. The van der Waals surface area contributed by atoms with Gasteiger partial charge in [-0.05, 0) is 51.4 Å². The molecule has 0 aromatic carbocycles. The van der Waals surface area contributed by atoms with E-state index in [9.17, 15) is 0 Å². The average molecular weight is 220 g/mol. The minimum Gasteiger partial charge on any atom is -0.0707 e. The summed E-state index contributed by atoms with van der Waals surface area (Å²) in [5.74, 6) is 2.74. The van der Waals surface area contributed by atoms with Gasteiger partial charge in [0.2, 0.25) is 0 Å². The van der Waals surface area contributed by atoms with Gasteiger partial charge in [0.1, 0.15) is 0 Å². The van der Waals surface area contributed by atoms with Crippen LogP contribution in [0.2, 0.25) is 0 Å². The molecule has 0 unspecified atom stereocenters. The van der Waals surface area contributed by atoms with Crippen LogP contribution in [0.3, 0.4) is 0 Å². The molecule has 0 spiro atoms. The number of rotatable bonds is 0. The molecule has 4 atom stereocenters. The van der Waals surface area contributed by atoms with Gasteiger partial charge < -0.3 is 0 Å². The Kier molecular flexibility index (Phi) is 4.04. The highest BCUT2D eigenvalue weighted by Gasteiger charge is 2.27. The molecule has 92 valence electrons. The minimum atomic E-state index is 0.685. The summed E-state index contributed by atoms with van der Waals surface area (Å²) in [6.45, 7) is 18.8. The van der Waals surface area contributed by atoms with Crippen molar-refractivity contribution in [3.8, 4) is 0 Å². The molecule has 0 aromatic heterocycles. The van der Waals surface area contributed by atoms with Crippen molar-refractivity contribution in [1.29, 1.82) is 0 Å². The van der Waals surface area contributed by atoms with Crippen LogP contribution in [0.5, 0.6) is 0 Å². The molecule has 0 radical (unpaired) electrons. The van der Waals surface area contributed by atoms with Gasteiger partial charge in [0.15, 0.2) is 0 Å². The van der Waals surface area contributed by atoms with Crippen LogP contribution in [0, 0.1) is 23.7 Å². The molecule has 0 heterocycles. The summed E-state index contributed by atoms with van der Waals surface area (Å²) < 4.78 is 0. The lowest BCUT2D eigenvalue weighted by Crippen LogP contribution is -2.22. The van der Waals surface area contributed by atoms with Crippen molar-refractivity contribution in [2.75, 3.05) is 0 Å². The highest BCUT2D eigenvalue weighted by Crippen LogP contribution is 2.39. The van der Waals surface area contributed by atoms with E-state index in [0.29, 0.717) is 23.7 Å². The highest BCUT2D eigenvalue weighted by molar-refractivity contribution is 5.27. The van der Waals surface area contributed by atoms with Gasteiger partial charge >= 0.3 is 0 Å². The smallest absolute Gasteiger partial charge is 0.0169 e. The first-order valence-corrected chi connectivity index (χ1v) is 6.63. The Labute approximate surface area is 102 Å². The molecule has 0 fully saturated rings. The predicted octanol–water partition coefficient (Wildman–Crippen LogP) is 5.22. The van der Waals surface area contributed by atoms with Crippen LogP contribution in [-0.2, 0) is 0 Å². The topological polar surface area (TPSA) is 0 Å².